The highest BCUT2D eigenvalue weighted by Crippen LogP contribution is 2.59. The van der Waals surface area contributed by atoms with E-state index in [1.807, 2.05) is 0 Å². The van der Waals surface area contributed by atoms with Crippen LogP contribution in [0, 0.1) is 11.8 Å². The summed E-state index contributed by atoms with van der Waals surface area (Å²) in [4.78, 5) is 6.96. The minimum atomic E-state index is -2.38. The van der Waals surface area contributed by atoms with Gasteiger partial charge in [-0.3, -0.25) is 9.88 Å². The smallest absolute Gasteiger partial charge is 0.257 e. The monoisotopic (exact) mass is 292 g/mol. The van der Waals surface area contributed by atoms with Crippen molar-refractivity contribution in [1.82, 2.24) is 9.88 Å². The van der Waals surface area contributed by atoms with Gasteiger partial charge in [0, 0.05) is 48.8 Å². The van der Waals surface area contributed by atoms with E-state index in [0.717, 1.165) is 12.2 Å². The number of halogens is 2. The van der Waals surface area contributed by atoms with E-state index >= 15 is 0 Å². The molecule has 0 bridgehead atoms. The number of aromatic nitrogens is 1. The molecule has 2 unspecified atom stereocenters. The zero-order valence-electron chi connectivity index (χ0n) is 12.6. The fourth-order valence-corrected chi connectivity index (χ4v) is 3.59. The van der Waals surface area contributed by atoms with Gasteiger partial charge in [-0.15, -0.1) is 0 Å². The summed E-state index contributed by atoms with van der Waals surface area (Å²) in [7, 11) is 0. The first-order valence-corrected chi connectivity index (χ1v) is 8.06. The molecule has 1 aromatic heterocycles. The van der Waals surface area contributed by atoms with Crippen molar-refractivity contribution in [2.24, 2.45) is 11.8 Å². The molecule has 114 valence electrons. The van der Waals surface area contributed by atoms with Crippen LogP contribution in [0.15, 0.2) is 12.1 Å². The lowest BCUT2D eigenvalue weighted by molar-refractivity contribution is 0.0519. The molecule has 3 aliphatic rings. The zero-order valence-corrected chi connectivity index (χ0v) is 12.6. The highest BCUT2D eigenvalue weighted by Gasteiger charge is 2.71. The number of fused-ring (bicyclic) bond motifs is 1. The van der Waals surface area contributed by atoms with Gasteiger partial charge >= 0.3 is 0 Å². The van der Waals surface area contributed by atoms with Crippen molar-refractivity contribution < 1.29 is 8.78 Å². The van der Waals surface area contributed by atoms with Crippen LogP contribution < -0.4 is 0 Å². The number of rotatable bonds is 4. The Morgan fingerprint density at radius 3 is 2.48 bits per heavy atom. The van der Waals surface area contributed by atoms with E-state index in [-0.39, 0.29) is 11.8 Å². The molecule has 2 heterocycles. The lowest BCUT2D eigenvalue weighted by Gasteiger charge is -2.20. The Morgan fingerprint density at radius 1 is 1.24 bits per heavy atom. The summed E-state index contributed by atoms with van der Waals surface area (Å²) in [6.45, 7) is 6.22. The first kappa shape index (κ1) is 13.6. The Balaban J connectivity index is 1.50. The molecule has 0 radical (unpaired) electrons. The van der Waals surface area contributed by atoms with Gasteiger partial charge in [0.25, 0.3) is 5.92 Å². The zero-order chi connectivity index (χ0) is 14.8. The first-order chi connectivity index (χ1) is 9.95. The van der Waals surface area contributed by atoms with Gasteiger partial charge in [-0.2, -0.15) is 0 Å². The molecule has 1 aromatic rings. The van der Waals surface area contributed by atoms with Crippen LogP contribution in [0.25, 0.3) is 0 Å². The first-order valence-electron chi connectivity index (χ1n) is 8.06. The predicted molar refractivity (Wildman–Crippen MR) is 77.5 cm³/mol. The number of likely N-dealkylation sites (tertiary alicyclic amines) is 1. The van der Waals surface area contributed by atoms with Crippen LogP contribution in [0.3, 0.4) is 0 Å². The molecule has 4 heteroatoms. The second kappa shape index (κ2) is 4.48. The summed E-state index contributed by atoms with van der Waals surface area (Å²) in [6.07, 6.45) is 2.49. The van der Waals surface area contributed by atoms with E-state index in [4.69, 9.17) is 4.98 Å². The molecular weight excluding hydrogens is 270 g/mol. The highest BCUT2D eigenvalue weighted by atomic mass is 19.3. The van der Waals surface area contributed by atoms with E-state index < -0.39 is 5.92 Å². The molecule has 0 spiro atoms. The van der Waals surface area contributed by atoms with Crippen LogP contribution >= 0.6 is 0 Å². The Bertz CT molecular complexity index is 532. The number of hydrogen-bond donors (Lipinski definition) is 0. The lowest BCUT2D eigenvalue weighted by atomic mass is 10.0. The molecule has 2 aliphatic carbocycles. The van der Waals surface area contributed by atoms with Crippen LogP contribution in [0.4, 0.5) is 8.78 Å². The Morgan fingerprint density at radius 2 is 1.90 bits per heavy atom. The molecule has 1 saturated heterocycles. The van der Waals surface area contributed by atoms with E-state index in [1.165, 1.54) is 24.1 Å². The summed E-state index contributed by atoms with van der Waals surface area (Å²) < 4.78 is 26.5. The molecule has 0 N–H and O–H groups in total. The summed E-state index contributed by atoms with van der Waals surface area (Å²) in [5.41, 5.74) is 3.61. The van der Waals surface area contributed by atoms with Crippen LogP contribution in [-0.2, 0) is 6.54 Å². The third kappa shape index (κ3) is 2.37. The predicted octanol–water partition coefficient (Wildman–Crippen LogP) is 3.78. The molecule has 2 saturated carbocycles. The van der Waals surface area contributed by atoms with Gasteiger partial charge in [-0.1, -0.05) is 13.8 Å². The maximum Gasteiger partial charge on any atom is 0.257 e. The van der Waals surface area contributed by atoms with Crippen LogP contribution in [0.2, 0.25) is 0 Å². The van der Waals surface area contributed by atoms with Gasteiger partial charge in [0.1, 0.15) is 0 Å². The van der Waals surface area contributed by atoms with Gasteiger partial charge in [-0.05, 0) is 36.5 Å². The van der Waals surface area contributed by atoms with Crippen LogP contribution in [0.5, 0.6) is 0 Å². The molecule has 3 fully saturated rings. The van der Waals surface area contributed by atoms with Crippen molar-refractivity contribution in [3.63, 3.8) is 0 Å². The molecule has 4 rings (SSSR count). The third-order valence-corrected chi connectivity index (χ3v) is 5.19. The molecule has 1 aliphatic heterocycles. The number of alkyl halides is 2. The molecule has 21 heavy (non-hydrogen) atoms. The van der Waals surface area contributed by atoms with Gasteiger partial charge in [0.05, 0.1) is 0 Å². The number of pyridine rings is 1. The molecule has 0 amide bonds. The number of hydrogen-bond acceptors (Lipinski definition) is 2. The summed E-state index contributed by atoms with van der Waals surface area (Å²) in [5, 5.41) is 0. The van der Waals surface area contributed by atoms with Gasteiger partial charge < -0.3 is 0 Å². The fourth-order valence-electron chi connectivity index (χ4n) is 3.59. The fraction of sp³-hybridized carbons (Fsp3) is 0.706. The summed E-state index contributed by atoms with van der Waals surface area (Å²) in [6, 6.07) is 4.37. The third-order valence-electron chi connectivity index (χ3n) is 5.19. The largest absolute Gasteiger partial charge is 0.298 e. The Kier molecular flexibility index (Phi) is 2.91. The van der Waals surface area contributed by atoms with Crippen LogP contribution in [0.1, 0.15) is 55.5 Å². The average molecular weight is 292 g/mol. The Labute approximate surface area is 124 Å². The average Bonchev–Trinajstić information content (AvgIpc) is 3.29. The van der Waals surface area contributed by atoms with Crippen molar-refractivity contribution in [3.05, 3.63) is 29.1 Å². The maximum absolute atomic E-state index is 13.3. The maximum atomic E-state index is 13.3. The van der Waals surface area contributed by atoms with Crippen molar-refractivity contribution in [3.8, 4) is 0 Å². The van der Waals surface area contributed by atoms with E-state index in [1.54, 1.807) is 0 Å². The number of piperidine rings is 1. The molecule has 2 atom stereocenters. The van der Waals surface area contributed by atoms with Crippen molar-refractivity contribution in [2.45, 2.75) is 51.0 Å². The summed E-state index contributed by atoms with van der Waals surface area (Å²) >= 11 is 0. The molecule has 2 nitrogen and oxygen atoms in total. The lowest BCUT2D eigenvalue weighted by Crippen LogP contribution is -2.27. The Hall–Kier alpha value is -1.03. The normalized spacial score (nSPS) is 30.7. The van der Waals surface area contributed by atoms with Crippen molar-refractivity contribution >= 4 is 0 Å². The van der Waals surface area contributed by atoms with E-state index in [2.05, 4.69) is 30.9 Å². The molecular formula is C17H22F2N2. The minimum Gasteiger partial charge on any atom is -0.298 e. The van der Waals surface area contributed by atoms with Gasteiger partial charge in [0.15, 0.2) is 0 Å². The second-order valence-electron chi connectivity index (χ2n) is 7.34. The molecule has 0 aromatic carbocycles. The van der Waals surface area contributed by atoms with Crippen molar-refractivity contribution in [1.29, 1.82) is 0 Å². The van der Waals surface area contributed by atoms with Crippen LogP contribution in [-0.4, -0.2) is 28.9 Å². The van der Waals surface area contributed by atoms with Crippen molar-refractivity contribution in [2.75, 3.05) is 13.1 Å². The standard InChI is InChI=1S/C17H22F2N2/c1-10(2)15-5-11(6-16(20-15)12-3-4-12)7-21-8-13-14(9-21)17(13,18)19/h5-6,10,12-14H,3-4,7-9H2,1-2H3. The van der Waals surface area contributed by atoms with Gasteiger partial charge in [0.2, 0.25) is 0 Å². The topological polar surface area (TPSA) is 16.1 Å². The highest BCUT2D eigenvalue weighted by molar-refractivity contribution is 5.28. The quantitative estimate of drug-likeness (QED) is 0.839. The van der Waals surface area contributed by atoms with Gasteiger partial charge in [-0.25, -0.2) is 8.78 Å². The summed E-state index contributed by atoms with van der Waals surface area (Å²) in [5.74, 6) is -2.09. The second-order valence-corrected chi connectivity index (χ2v) is 7.34. The number of nitrogens with zero attached hydrogens (tertiary/aromatic N) is 2. The van der Waals surface area contributed by atoms with E-state index in [9.17, 15) is 8.78 Å². The van der Waals surface area contributed by atoms with E-state index in [0.29, 0.717) is 24.9 Å². The minimum absolute atomic E-state index is 0.383. The SMILES string of the molecule is CC(C)c1cc(CN2CC3C(C2)C3(F)F)cc(C2CC2)n1.